The second kappa shape index (κ2) is 6.42. The number of hydrogen-bond donors (Lipinski definition) is 1. The number of morpholine rings is 1. The maximum Gasteiger partial charge on any atom is 0.242 e. The molecule has 21 heavy (non-hydrogen) atoms. The van der Waals surface area contributed by atoms with Gasteiger partial charge in [0.05, 0.1) is 24.9 Å². The first-order chi connectivity index (χ1) is 10.1. The molecule has 5 nitrogen and oxygen atoms in total. The second-order valence-corrected chi connectivity index (χ2v) is 7.05. The van der Waals surface area contributed by atoms with Gasteiger partial charge in [-0.1, -0.05) is 0 Å². The van der Waals surface area contributed by atoms with Crippen molar-refractivity contribution in [2.45, 2.75) is 51.3 Å². The molecule has 0 bridgehead atoms. The molecule has 0 spiro atoms. The first kappa shape index (κ1) is 14.9. The van der Waals surface area contributed by atoms with Crippen LogP contribution in [0.5, 0.6) is 0 Å². The average molecular weight is 309 g/mol. The van der Waals surface area contributed by atoms with Gasteiger partial charge < -0.3 is 15.0 Å². The predicted molar refractivity (Wildman–Crippen MR) is 82.4 cm³/mol. The molecule has 2 aliphatic rings. The molecule has 3 rings (SSSR count). The van der Waals surface area contributed by atoms with Crippen LogP contribution in [0.3, 0.4) is 0 Å². The quantitative estimate of drug-likeness (QED) is 0.916. The van der Waals surface area contributed by atoms with Crippen LogP contribution >= 0.6 is 11.3 Å². The molecule has 6 heteroatoms. The van der Waals surface area contributed by atoms with Crippen molar-refractivity contribution in [3.05, 3.63) is 15.6 Å². The van der Waals surface area contributed by atoms with E-state index < -0.39 is 0 Å². The van der Waals surface area contributed by atoms with E-state index in [1.54, 1.807) is 16.2 Å². The number of amides is 1. The zero-order valence-electron chi connectivity index (χ0n) is 12.7. The number of thiazole rings is 1. The molecule has 0 saturated carbocycles. The van der Waals surface area contributed by atoms with Crippen molar-refractivity contribution in [1.29, 1.82) is 0 Å². The molecule has 1 saturated heterocycles. The van der Waals surface area contributed by atoms with Gasteiger partial charge in [-0.3, -0.25) is 4.79 Å². The van der Waals surface area contributed by atoms with E-state index in [9.17, 15) is 4.79 Å². The molecule has 1 aliphatic heterocycles. The van der Waals surface area contributed by atoms with Crippen LogP contribution in [0.25, 0.3) is 0 Å². The molecule has 1 N–H and O–H groups in total. The Morgan fingerprint density at radius 1 is 1.48 bits per heavy atom. The van der Waals surface area contributed by atoms with Crippen molar-refractivity contribution in [2.24, 2.45) is 0 Å². The summed E-state index contributed by atoms with van der Waals surface area (Å²) in [5, 5.41) is 4.31. The first-order valence-electron chi connectivity index (χ1n) is 7.72. The highest BCUT2D eigenvalue weighted by atomic mass is 32.1. The minimum absolute atomic E-state index is 0.0711. The number of aryl methyl sites for hydroxylation is 2. The largest absolute Gasteiger partial charge is 0.375 e. The molecule has 1 aliphatic carbocycles. The maximum atomic E-state index is 12.5. The van der Waals surface area contributed by atoms with Crippen molar-refractivity contribution in [2.75, 3.05) is 20.2 Å². The van der Waals surface area contributed by atoms with Gasteiger partial charge in [0, 0.05) is 18.5 Å². The fraction of sp³-hybridized carbons (Fsp3) is 0.733. The number of nitrogens with zero attached hydrogens (tertiary/aromatic N) is 2. The number of hydrogen-bond acceptors (Lipinski definition) is 5. The van der Waals surface area contributed by atoms with Gasteiger partial charge in [0.15, 0.2) is 0 Å². The summed E-state index contributed by atoms with van der Waals surface area (Å²) >= 11 is 1.77. The van der Waals surface area contributed by atoms with Crippen molar-refractivity contribution >= 4 is 17.2 Å². The molecule has 0 unspecified atom stereocenters. The number of ether oxygens (including phenoxy) is 1. The number of likely N-dealkylation sites (N-methyl/N-ethyl adjacent to an activating group) is 1. The summed E-state index contributed by atoms with van der Waals surface area (Å²) in [4.78, 5) is 20.4. The summed E-state index contributed by atoms with van der Waals surface area (Å²) in [7, 11) is 1.85. The Morgan fingerprint density at radius 3 is 3.05 bits per heavy atom. The van der Waals surface area contributed by atoms with Crippen molar-refractivity contribution in [3.63, 3.8) is 0 Å². The normalized spacial score (nSPS) is 25.4. The highest BCUT2D eigenvalue weighted by Crippen LogP contribution is 2.27. The third-order valence-electron chi connectivity index (χ3n) is 4.22. The van der Waals surface area contributed by atoms with Crippen molar-refractivity contribution < 1.29 is 9.53 Å². The van der Waals surface area contributed by atoms with E-state index in [2.05, 4.69) is 5.32 Å². The highest BCUT2D eigenvalue weighted by Gasteiger charge is 2.31. The summed E-state index contributed by atoms with van der Waals surface area (Å²) in [6.07, 6.45) is 4.69. The Labute approximate surface area is 129 Å². The summed E-state index contributed by atoms with van der Waals surface area (Å²) in [5.74, 6) is 0.0929. The number of nitrogens with one attached hydrogen (secondary N) is 1. The van der Waals surface area contributed by atoms with E-state index >= 15 is 0 Å². The predicted octanol–water partition coefficient (Wildman–Crippen LogP) is 1.36. The molecule has 1 aromatic heterocycles. The topological polar surface area (TPSA) is 54.5 Å². The van der Waals surface area contributed by atoms with Crippen LogP contribution < -0.4 is 5.32 Å². The van der Waals surface area contributed by atoms with E-state index in [-0.39, 0.29) is 18.1 Å². The third-order valence-corrected chi connectivity index (χ3v) is 5.36. The number of carbonyl (C=O) groups excluding carboxylic acids is 1. The van der Waals surface area contributed by atoms with Crippen molar-refractivity contribution in [3.8, 4) is 0 Å². The number of aromatic nitrogens is 1. The molecule has 1 amide bonds. The van der Waals surface area contributed by atoms with Gasteiger partial charge in [-0.25, -0.2) is 4.98 Å². The molecular weight excluding hydrogens is 286 g/mol. The zero-order valence-corrected chi connectivity index (χ0v) is 13.5. The summed E-state index contributed by atoms with van der Waals surface area (Å²) in [6, 6.07) is -0.238. The van der Waals surface area contributed by atoms with Crippen LogP contribution in [0.15, 0.2) is 0 Å². The summed E-state index contributed by atoms with van der Waals surface area (Å²) in [6.45, 7) is 3.96. The first-order valence-corrected chi connectivity index (χ1v) is 8.54. The average Bonchev–Trinajstić information content (AvgIpc) is 2.89. The van der Waals surface area contributed by atoms with Crippen LogP contribution in [0, 0.1) is 0 Å². The van der Waals surface area contributed by atoms with Gasteiger partial charge in [-0.15, -0.1) is 11.3 Å². The van der Waals surface area contributed by atoms with Crippen LogP contribution in [0.2, 0.25) is 0 Å². The van der Waals surface area contributed by atoms with Crippen LogP contribution in [0.1, 0.15) is 35.3 Å². The second-order valence-electron chi connectivity index (χ2n) is 5.89. The Balaban J connectivity index is 1.63. The van der Waals surface area contributed by atoms with Gasteiger partial charge in [-0.2, -0.15) is 0 Å². The molecule has 2 heterocycles. The standard InChI is InChI=1S/C15H23N3O2S/c1-10-14(16-7-8-20-10)15(19)18(2)9-13-17-11-5-3-4-6-12(11)21-13/h10,14,16H,3-9H2,1-2H3/t10-,14+/m1/s1. The fourth-order valence-electron chi connectivity index (χ4n) is 3.00. The minimum atomic E-state index is -0.238. The van der Waals surface area contributed by atoms with Crippen LogP contribution in [-0.2, 0) is 28.9 Å². The molecule has 0 radical (unpaired) electrons. The third kappa shape index (κ3) is 3.27. The van der Waals surface area contributed by atoms with Gasteiger partial charge in [0.25, 0.3) is 0 Å². The van der Waals surface area contributed by atoms with Crippen LogP contribution in [0.4, 0.5) is 0 Å². The number of fused-ring (bicyclic) bond motifs is 1. The SMILES string of the molecule is C[C@H]1OCCN[C@@H]1C(=O)N(C)Cc1nc2c(s1)CCCC2. The van der Waals surface area contributed by atoms with E-state index in [0.717, 1.165) is 24.4 Å². The number of carbonyl (C=O) groups is 1. The Morgan fingerprint density at radius 2 is 2.29 bits per heavy atom. The van der Waals surface area contributed by atoms with Crippen LogP contribution in [-0.4, -0.2) is 48.1 Å². The van der Waals surface area contributed by atoms with E-state index in [0.29, 0.717) is 13.2 Å². The van der Waals surface area contributed by atoms with E-state index in [1.165, 1.54) is 23.4 Å². The number of rotatable bonds is 3. The molecular formula is C15H23N3O2S. The lowest BCUT2D eigenvalue weighted by Crippen LogP contribution is -2.55. The summed E-state index contributed by atoms with van der Waals surface area (Å²) < 4.78 is 5.56. The molecule has 0 aromatic carbocycles. The Hall–Kier alpha value is -0.980. The maximum absolute atomic E-state index is 12.5. The van der Waals surface area contributed by atoms with Crippen molar-refractivity contribution in [1.82, 2.24) is 15.2 Å². The van der Waals surface area contributed by atoms with Gasteiger partial charge >= 0.3 is 0 Å². The fourth-order valence-corrected chi connectivity index (χ4v) is 4.21. The highest BCUT2D eigenvalue weighted by molar-refractivity contribution is 7.11. The smallest absolute Gasteiger partial charge is 0.242 e. The molecule has 2 atom stereocenters. The summed E-state index contributed by atoms with van der Waals surface area (Å²) in [5.41, 5.74) is 1.26. The monoisotopic (exact) mass is 309 g/mol. The molecule has 116 valence electrons. The Kier molecular flexibility index (Phi) is 4.57. The van der Waals surface area contributed by atoms with Gasteiger partial charge in [0.2, 0.25) is 5.91 Å². The molecule has 1 aromatic rings. The lowest BCUT2D eigenvalue weighted by Gasteiger charge is -2.32. The lowest BCUT2D eigenvalue weighted by atomic mass is 10.0. The zero-order chi connectivity index (χ0) is 14.8. The van der Waals surface area contributed by atoms with Gasteiger partial charge in [0.1, 0.15) is 11.0 Å². The minimum Gasteiger partial charge on any atom is -0.375 e. The Bertz CT molecular complexity index is 494. The molecule has 1 fully saturated rings. The van der Waals surface area contributed by atoms with E-state index in [1.807, 2.05) is 14.0 Å². The lowest BCUT2D eigenvalue weighted by molar-refractivity contribution is -0.138. The van der Waals surface area contributed by atoms with Gasteiger partial charge in [-0.05, 0) is 32.6 Å². The van der Waals surface area contributed by atoms with E-state index in [4.69, 9.17) is 9.72 Å².